The molecule has 0 atom stereocenters. The van der Waals surface area contributed by atoms with Crippen LogP contribution in [0.2, 0.25) is 0 Å². The van der Waals surface area contributed by atoms with Gasteiger partial charge in [0.1, 0.15) is 5.76 Å². The second-order valence-corrected chi connectivity index (χ2v) is 2.23. The van der Waals surface area contributed by atoms with Gasteiger partial charge in [0.05, 0.1) is 20.8 Å². The van der Waals surface area contributed by atoms with Crippen molar-refractivity contribution in [2.45, 2.75) is 20.3 Å². The molecule has 0 aromatic carbocycles. The molecule has 76 valence electrons. The second-order valence-electron chi connectivity index (χ2n) is 2.23. The van der Waals surface area contributed by atoms with E-state index in [0.29, 0.717) is 18.8 Å². The Bertz CT molecular complexity index is 190. The van der Waals surface area contributed by atoms with Crippen LogP contribution >= 0.6 is 0 Å². The molecule has 0 unspecified atom stereocenters. The van der Waals surface area contributed by atoms with E-state index in [-0.39, 0.29) is 5.76 Å². The number of hydrogen-bond donors (Lipinski definition) is 0. The van der Waals surface area contributed by atoms with E-state index >= 15 is 0 Å². The first-order chi connectivity index (χ1) is 6.21. The quantitative estimate of drug-likeness (QED) is 0.372. The van der Waals surface area contributed by atoms with Crippen molar-refractivity contribution in [3.8, 4) is 0 Å². The maximum atomic E-state index is 11.2. The SMILES string of the molecule is CCOC(=O)C(OC)=C(CC)OC. The number of hydrogen-bond acceptors (Lipinski definition) is 4. The van der Waals surface area contributed by atoms with Crippen molar-refractivity contribution in [3.63, 3.8) is 0 Å². The monoisotopic (exact) mass is 188 g/mol. The predicted octanol–water partition coefficient (Wildman–Crippen LogP) is 1.46. The summed E-state index contributed by atoms with van der Waals surface area (Å²) in [5.41, 5.74) is 0. The van der Waals surface area contributed by atoms with Crippen LogP contribution in [0.3, 0.4) is 0 Å². The molecule has 13 heavy (non-hydrogen) atoms. The predicted molar refractivity (Wildman–Crippen MR) is 48.0 cm³/mol. The molecule has 0 aromatic rings. The van der Waals surface area contributed by atoms with Gasteiger partial charge in [0.15, 0.2) is 0 Å². The van der Waals surface area contributed by atoms with Crippen LogP contribution in [0.1, 0.15) is 20.3 Å². The Labute approximate surface area is 78.5 Å². The minimum Gasteiger partial charge on any atom is -0.497 e. The lowest BCUT2D eigenvalue weighted by Gasteiger charge is -2.10. The van der Waals surface area contributed by atoms with E-state index in [1.54, 1.807) is 6.92 Å². The third kappa shape index (κ3) is 3.36. The normalized spacial score (nSPS) is 11.7. The summed E-state index contributed by atoms with van der Waals surface area (Å²) >= 11 is 0. The Morgan fingerprint density at radius 2 is 1.77 bits per heavy atom. The molecule has 0 rings (SSSR count). The van der Waals surface area contributed by atoms with E-state index in [4.69, 9.17) is 14.2 Å². The van der Waals surface area contributed by atoms with Crippen LogP contribution in [0, 0.1) is 0 Å². The zero-order valence-corrected chi connectivity index (χ0v) is 8.55. The molecular formula is C9H16O4. The van der Waals surface area contributed by atoms with Crippen LogP contribution in [0.15, 0.2) is 11.5 Å². The molecule has 0 saturated carbocycles. The van der Waals surface area contributed by atoms with Gasteiger partial charge in [-0.05, 0) is 6.92 Å². The molecule has 4 nitrogen and oxygen atoms in total. The maximum absolute atomic E-state index is 11.2. The number of methoxy groups -OCH3 is 2. The van der Waals surface area contributed by atoms with Gasteiger partial charge in [0.25, 0.3) is 0 Å². The molecular weight excluding hydrogens is 172 g/mol. The summed E-state index contributed by atoms with van der Waals surface area (Å²) in [6, 6.07) is 0. The third-order valence-corrected chi connectivity index (χ3v) is 1.49. The second kappa shape index (κ2) is 6.34. The minimum atomic E-state index is -0.483. The number of carbonyl (C=O) groups is 1. The van der Waals surface area contributed by atoms with Gasteiger partial charge in [0, 0.05) is 6.42 Å². The largest absolute Gasteiger partial charge is 0.497 e. The van der Waals surface area contributed by atoms with Crippen molar-refractivity contribution in [3.05, 3.63) is 11.5 Å². The van der Waals surface area contributed by atoms with Crippen molar-refractivity contribution in [2.75, 3.05) is 20.8 Å². The van der Waals surface area contributed by atoms with Gasteiger partial charge in [-0.25, -0.2) is 4.79 Å². The summed E-state index contributed by atoms with van der Waals surface area (Å²) in [4.78, 5) is 11.2. The Balaban J connectivity index is 4.63. The van der Waals surface area contributed by atoms with E-state index in [1.807, 2.05) is 6.92 Å². The number of allylic oxidation sites excluding steroid dienone is 1. The van der Waals surface area contributed by atoms with E-state index in [0.717, 1.165) is 0 Å². The lowest BCUT2D eigenvalue weighted by atomic mass is 10.3. The van der Waals surface area contributed by atoms with Gasteiger partial charge >= 0.3 is 5.97 Å². The Morgan fingerprint density at radius 3 is 2.08 bits per heavy atom. The van der Waals surface area contributed by atoms with Gasteiger partial charge in [-0.3, -0.25) is 0 Å². The fourth-order valence-electron chi connectivity index (χ4n) is 0.905. The van der Waals surface area contributed by atoms with Gasteiger partial charge in [-0.1, -0.05) is 6.92 Å². The molecule has 0 aliphatic rings. The standard InChI is InChI=1S/C9H16O4/c1-5-7(11-3)8(12-4)9(10)13-6-2/h5-6H2,1-4H3. The molecule has 0 spiro atoms. The molecule has 0 aromatic heterocycles. The van der Waals surface area contributed by atoms with Crippen molar-refractivity contribution < 1.29 is 19.0 Å². The number of rotatable bonds is 5. The Morgan fingerprint density at radius 1 is 1.15 bits per heavy atom. The summed E-state index contributed by atoms with van der Waals surface area (Å²) in [6.45, 7) is 3.94. The van der Waals surface area contributed by atoms with Crippen molar-refractivity contribution in [1.82, 2.24) is 0 Å². The van der Waals surface area contributed by atoms with E-state index in [2.05, 4.69) is 0 Å². The average molecular weight is 188 g/mol. The van der Waals surface area contributed by atoms with Crippen LogP contribution in [-0.2, 0) is 19.0 Å². The maximum Gasteiger partial charge on any atom is 0.377 e. The summed E-state index contributed by atoms with van der Waals surface area (Å²) in [5, 5.41) is 0. The third-order valence-electron chi connectivity index (χ3n) is 1.49. The molecule has 0 saturated heterocycles. The number of carbonyl (C=O) groups excluding carboxylic acids is 1. The first-order valence-corrected chi connectivity index (χ1v) is 4.19. The van der Waals surface area contributed by atoms with Gasteiger partial charge in [-0.15, -0.1) is 0 Å². The van der Waals surface area contributed by atoms with E-state index < -0.39 is 5.97 Å². The molecule has 0 N–H and O–H groups in total. The highest BCUT2D eigenvalue weighted by Gasteiger charge is 2.16. The molecule has 0 heterocycles. The molecule has 0 radical (unpaired) electrons. The van der Waals surface area contributed by atoms with Crippen LogP contribution in [0.4, 0.5) is 0 Å². The van der Waals surface area contributed by atoms with Crippen LogP contribution in [-0.4, -0.2) is 26.8 Å². The van der Waals surface area contributed by atoms with Gasteiger partial charge < -0.3 is 14.2 Å². The molecule has 0 aliphatic carbocycles. The number of esters is 1. The topological polar surface area (TPSA) is 44.8 Å². The van der Waals surface area contributed by atoms with Crippen molar-refractivity contribution in [1.29, 1.82) is 0 Å². The highest BCUT2D eigenvalue weighted by molar-refractivity contribution is 5.86. The van der Waals surface area contributed by atoms with Crippen LogP contribution < -0.4 is 0 Å². The average Bonchev–Trinajstić information content (AvgIpc) is 2.14. The Hall–Kier alpha value is -1.19. The highest BCUT2D eigenvalue weighted by atomic mass is 16.6. The smallest absolute Gasteiger partial charge is 0.377 e. The fraction of sp³-hybridized carbons (Fsp3) is 0.667. The number of ether oxygens (including phenoxy) is 3. The Kier molecular flexibility index (Phi) is 5.76. The summed E-state index contributed by atoms with van der Waals surface area (Å²) in [6.07, 6.45) is 0.596. The van der Waals surface area contributed by atoms with E-state index in [9.17, 15) is 4.79 Å². The highest BCUT2D eigenvalue weighted by Crippen LogP contribution is 2.11. The molecule has 0 amide bonds. The summed E-state index contributed by atoms with van der Waals surface area (Å²) in [5.74, 6) is 0.163. The molecule has 0 aliphatic heterocycles. The molecule has 0 fully saturated rings. The van der Waals surface area contributed by atoms with E-state index in [1.165, 1.54) is 14.2 Å². The lowest BCUT2D eigenvalue weighted by molar-refractivity contribution is -0.142. The van der Waals surface area contributed by atoms with Gasteiger partial charge in [-0.2, -0.15) is 0 Å². The first-order valence-electron chi connectivity index (χ1n) is 4.19. The van der Waals surface area contributed by atoms with Crippen molar-refractivity contribution in [2.24, 2.45) is 0 Å². The van der Waals surface area contributed by atoms with Gasteiger partial charge in [0.2, 0.25) is 5.76 Å². The van der Waals surface area contributed by atoms with Crippen LogP contribution in [0.25, 0.3) is 0 Å². The van der Waals surface area contributed by atoms with Crippen LogP contribution in [0.5, 0.6) is 0 Å². The van der Waals surface area contributed by atoms with Crippen molar-refractivity contribution >= 4 is 5.97 Å². The lowest BCUT2D eigenvalue weighted by Crippen LogP contribution is -2.12. The minimum absolute atomic E-state index is 0.145. The summed E-state index contributed by atoms with van der Waals surface area (Å²) in [7, 11) is 2.91. The molecule has 4 heteroatoms. The zero-order valence-electron chi connectivity index (χ0n) is 8.55. The zero-order chi connectivity index (χ0) is 10.3. The molecule has 0 bridgehead atoms. The first kappa shape index (κ1) is 11.8. The fourth-order valence-corrected chi connectivity index (χ4v) is 0.905. The summed E-state index contributed by atoms with van der Waals surface area (Å²) < 4.78 is 14.6.